The van der Waals surface area contributed by atoms with Gasteiger partial charge in [-0.05, 0) is 19.4 Å². The first kappa shape index (κ1) is 14.1. The Morgan fingerprint density at radius 3 is 3.00 bits per heavy atom. The molecule has 0 saturated carbocycles. The number of hydrogen-bond acceptors (Lipinski definition) is 3. The quantitative estimate of drug-likeness (QED) is 0.814. The molecule has 1 amide bonds. The maximum Gasteiger partial charge on any atom is 0.250 e. The molecule has 19 heavy (non-hydrogen) atoms. The number of hydrogen-bond donors (Lipinski definition) is 2. The van der Waals surface area contributed by atoms with Crippen LogP contribution in [0.25, 0.3) is 0 Å². The number of rotatable bonds is 3. The average Bonchev–Trinajstić information content (AvgIpc) is 2.41. The van der Waals surface area contributed by atoms with Gasteiger partial charge in [-0.15, -0.1) is 11.6 Å². The highest BCUT2D eigenvalue weighted by atomic mass is 35.5. The third-order valence-electron chi connectivity index (χ3n) is 3.26. The first-order valence-electron chi connectivity index (χ1n) is 6.46. The van der Waals surface area contributed by atoms with Crippen molar-refractivity contribution >= 4 is 23.2 Å². The van der Waals surface area contributed by atoms with Gasteiger partial charge in [0.05, 0.1) is 11.6 Å². The number of anilines is 1. The molecule has 2 rings (SSSR count). The molecule has 2 heterocycles. The van der Waals surface area contributed by atoms with Gasteiger partial charge in [0.25, 0.3) is 5.56 Å². The number of alkyl halides is 1. The Morgan fingerprint density at radius 1 is 1.53 bits per heavy atom. The third-order valence-corrected chi connectivity index (χ3v) is 3.59. The fourth-order valence-electron chi connectivity index (χ4n) is 2.19. The zero-order chi connectivity index (χ0) is 13.8. The van der Waals surface area contributed by atoms with Crippen LogP contribution in [0.1, 0.15) is 13.3 Å². The molecule has 2 atom stereocenters. The van der Waals surface area contributed by atoms with E-state index in [0.29, 0.717) is 25.2 Å². The van der Waals surface area contributed by atoms with Crippen LogP contribution in [-0.2, 0) is 11.3 Å². The summed E-state index contributed by atoms with van der Waals surface area (Å²) in [7, 11) is 0. The fraction of sp³-hybridized carbons (Fsp3) is 0.538. The molecule has 0 bridgehead atoms. The molecule has 5 nitrogen and oxygen atoms in total. The number of aryl methyl sites for hydroxylation is 1. The molecule has 104 valence electrons. The van der Waals surface area contributed by atoms with Crippen LogP contribution in [0, 0.1) is 5.92 Å². The Balaban J connectivity index is 2.04. The standard InChI is InChI=1S/C13H18ClN3O2/c1-2-17-8-11(3-4-12(17)18)16-13(19)9-5-10(14)7-15-6-9/h3-4,8-10,15H,2,5-7H2,1H3,(H,16,19). The van der Waals surface area contributed by atoms with E-state index in [9.17, 15) is 9.59 Å². The summed E-state index contributed by atoms with van der Waals surface area (Å²) in [5.41, 5.74) is 0.573. The molecule has 0 spiro atoms. The Hall–Kier alpha value is -1.33. The van der Waals surface area contributed by atoms with Crippen molar-refractivity contribution in [3.05, 3.63) is 28.7 Å². The normalized spacial score (nSPS) is 23.1. The summed E-state index contributed by atoms with van der Waals surface area (Å²) in [6.07, 6.45) is 2.34. The summed E-state index contributed by atoms with van der Waals surface area (Å²) >= 11 is 6.04. The van der Waals surface area contributed by atoms with E-state index in [4.69, 9.17) is 11.6 Å². The maximum atomic E-state index is 12.1. The minimum Gasteiger partial charge on any atom is -0.325 e. The number of pyridine rings is 1. The second-order valence-electron chi connectivity index (χ2n) is 4.72. The molecule has 1 fully saturated rings. The third kappa shape index (κ3) is 3.58. The van der Waals surface area contributed by atoms with Crippen LogP contribution in [0.5, 0.6) is 0 Å². The highest BCUT2D eigenvalue weighted by Gasteiger charge is 2.25. The van der Waals surface area contributed by atoms with E-state index in [1.54, 1.807) is 16.8 Å². The van der Waals surface area contributed by atoms with Gasteiger partial charge in [0, 0.05) is 37.3 Å². The molecule has 0 aromatic carbocycles. The first-order valence-corrected chi connectivity index (χ1v) is 6.90. The van der Waals surface area contributed by atoms with Crippen LogP contribution < -0.4 is 16.2 Å². The van der Waals surface area contributed by atoms with Crippen LogP contribution in [0.15, 0.2) is 23.1 Å². The van der Waals surface area contributed by atoms with Gasteiger partial charge in [0.15, 0.2) is 0 Å². The van der Waals surface area contributed by atoms with Gasteiger partial charge in [-0.25, -0.2) is 0 Å². The maximum absolute atomic E-state index is 12.1. The zero-order valence-corrected chi connectivity index (χ0v) is 11.6. The van der Waals surface area contributed by atoms with Crippen LogP contribution in [0.3, 0.4) is 0 Å². The number of aromatic nitrogens is 1. The van der Waals surface area contributed by atoms with Crippen molar-refractivity contribution in [1.29, 1.82) is 0 Å². The Kier molecular flexibility index (Phi) is 4.61. The molecule has 2 unspecified atom stereocenters. The SMILES string of the molecule is CCn1cc(NC(=O)C2CNCC(Cl)C2)ccc1=O. The van der Waals surface area contributed by atoms with Gasteiger partial charge in [-0.2, -0.15) is 0 Å². The van der Waals surface area contributed by atoms with E-state index in [1.165, 1.54) is 6.07 Å². The van der Waals surface area contributed by atoms with Crippen LogP contribution in [-0.4, -0.2) is 28.9 Å². The molecule has 1 aliphatic rings. The second-order valence-corrected chi connectivity index (χ2v) is 5.34. The van der Waals surface area contributed by atoms with E-state index in [0.717, 1.165) is 6.54 Å². The van der Waals surface area contributed by atoms with Crippen molar-refractivity contribution in [1.82, 2.24) is 9.88 Å². The van der Waals surface area contributed by atoms with Crippen LogP contribution in [0.4, 0.5) is 5.69 Å². The van der Waals surface area contributed by atoms with Crippen molar-refractivity contribution in [3.8, 4) is 0 Å². The lowest BCUT2D eigenvalue weighted by Crippen LogP contribution is -2.42. The lowest BCUT2D eigenvalue weighted by Gasteiger charge is -2.25. The van der Waals surface area contributed by atoms with Crippen molar-refractivity contribution in [3.63, 3.8) is 0 Å². The monoisotopic (exact) mass is 283 g/mol. The van der Waals surface area contributed by atoms with E-state index in [2.05, 4.69) is 10.6 Å². The topological polar surface area (TPSA) is 63.1 Å². The number of halogens is 1. The smallest absolute Gasteiger partial charge is 0.250 e. The van der Waals surface area contributed by atoms with Crippen molar-refractivity contribution in [2.75, 3.05) is 18.4 Å². The minimum atomic E-state index is -0.127. The lowest BCUT2D eigenvalue weighted by atomic mass is 9.98. The number of carbonyl (C=O) groups is 1. The molecular weight excluding hydrogens is 266 g/mol. The molecule has 1 aromatic rings. The van der Waals surface area contributed by atoms with E-state index >= 15 is 0 Å². The largest absolute Gasteiger partial charge is 0.325 e. The number of piperidine rings is 1. The number of nitrogens with one attached hydrogen (secondary N) is 2. The van der Waals surface area contributed by atoms with Gasteiger partial charge in [-0.1, -0.05) is 0 Å². The van der Waals surface area contributed by atoms with Gasteiger partial charge in [0.2, 0.25) is 5.91 Å². The summed E-state index contributed by atoms with van der Waals surface area (Å²) in [4.78, 5) is 23.6. The second kappa shape index (κ2) is 6.21. The molecule has 1 aliphatic heterocycles. The number of amides is 1. The summed E-state index contributed by atoms with van der Waals surface area (Å²) in [6, 6.07) is 3.09. The van der Waals surface area contributed by atoms with Gasteiger partial charge in [0.1, 0.15) is 0 Å². The number of nitrogens with zero attached hydrogens (tertiary/aromatic N) is 1. The fourth-order valence-corrected chi connectivity index (χ4v) is 2.51. The predicted molar refractivity (Wildman–Crippen MR) is 75.6 cm³/mol. The Morgan fingerprint density at radius 2 is 2.32 bits per heavy atom. The molecule has 1 aromatic heterocycles. The van der Waals surface area contributed by atoms with Crippen LogP contribution in [0.2, 0.25) is 0 Å². The number of carbonyl (C=O) groups excluding carboxylic acids is 1. The van der Waals surface area contributed by atoms with Gasteiger partial charge < -0.3 is 15.2 Å². The molecule has 0 aliphatic carbocycles. The average molecular weight is 284 g/mol. The summed E-state index contributed by atoms with van der Waals surface area (Å²) in [5.74, 6) is -0.183. The summed E-state index contributed by atoms with van der Waals surface area (Å²) in [5, 5.41) is 5.97. The lowest BCUT2D eigenvalue weighted by molar-refractivity contribution is -0.120. The minimum absolute atomic E-state index is 0.00547. The summed E-state index contributed by atoms with van der Waals surface area (Å²) in [6.45, 7) is 3.85. The highest BCUT2D eigenvalue weighted by Crippen LogP contribution is 2.17. The molecule has 0 radical (unpaired) electrons. The van der Waals surface area contributed by atoms with Gasteiger partial charge >= 0.3 is 0 Å². The van der Waals surface area contributed by atoms with E-state index < -0.39 is 0 Å². The van der Waals surface area contributed by atoms with Crippen molar-refractivity contribution in [2.24, 2.45) is 5.92 Å². The summed E-state index contributed by atoms with van der Waals surface area (Å²) < 4.78 is 1.55. The predicted octanol–water partition coefficient (Wildman–Crippen LogP) is 1.02. The Labute approximate surface area is 117 Å². The van der Waals surface area contributed by atoms with E-state index in [-0.39, 0.29) is 22.8 Å². The Bertz CT molecular complexity index is 515. The van der Waals surface area contributed by atoms with E-state index in [1.807, 2.05) is 6.92 Å². The van der Waals surface area contributed by atoms with Crippen LogP contribution >= 0.6 is 11.6 Å². The zero-order valence-electron chi connectivity index (χ0n) is 10.9. The van der Waals surface area contributed by atoms with Crippen molar-refractivity contribution < 1.29 is 4.79 Å². The first-order chi connectivity index (χ1) is 9.10. The molecule has 2 N–H and O–H groups in total. The molecule has 6 heteroatoms. The van der Waals surface area contributed by atoms with Crippen molar-refractivity contribution in [2.45, 2.75) is 25.3 Å². The molecule has 1 saturated heterocycles. The molecular formula is C13H18ClN3O2. The van der Waals surface area contributed by atoms with Gasteiger partial charge in [-0.3, -0.25) is 9.59 Å². The highest BCUT2D eigenvalue weighted by molar-refractivity contribution is 6.21.